The van der Waals surface area contributed by atoms with Gasteiger partial charge in [0.25, 0.3) is 0 Å². The summed E-state index contributed by atoms with van der Waals surface area (Å²) in [4.78, 5) is 25.5. The van der Waals surface area contributed by atoms with Gasteiger partial charge in [0.15, 0.2) is 11.6 Å². The molecular formula is C16H19ClFNO4. The van der Waals surface area contributed by atoms with Gasteiger partial charge in [0.1, 0.15) is 5.02 Å². The number of methoxy groups -OCH3 is 1. The molecule has 1 saturated heterocycles. The average Bonchev–Trinajstić information content (AvgIpc) is 2.47. The molecule has 0 bridgehead atoms. The second kappa shape index (κ2) is 6.84. The van der Waals surface area contributed by atoms with Crippen LogP contribution in [0.5, 0.6) is 0 Å². The van der Waals surface area contributed by atoms with Gasteiger partial charge in [0.2, 0.25) is 0 Å². The first-order valence-corrected chi connectivity index (χ1v) is 7.65. The minimum atomic E-state index is -0.825. The predicted octanol–water partition coefficient (Wildman–Crippen LogP) is 3.08. The molecule has 0 spiro atoms. The molecule has 1 aliphatic rings. The Labute approximate surface area is 139 Å². The number of hydrogen-bond acceptors (Lipinski definition) is 5. The Bertz CT molecular complexity index is 639. The summed E-state index contributed by atoms with van der Waals surface area (Å²) < 4.78 is 24.9. The van der Waals surface area contributed by atoms with Crippen LogP contribution in [0, 0.1) is 5.82 Å². The zero-order chi connectivity index (χ0) is 17.3. The van der Waals surface area contributed by atoms with Crippen LogP contribution in [0.15, 0.2) is 6.07 Å². The monoisotopic (exact) mass is 343 g/mol. The van der Waals surface area contributed by atoms with Crippen LogP contribution in [0.1, 0.15) is 41.5 Å². The van der Waals surface area contributed by atoms with Crippen molar-refractivity contribution in [2.75, 3.05) is 25.1 Å². The summed E-state index contributed by atoms with van der Waals surface area (Å²) in [5, 5.41) is -0.251. The van der Waals surface area contributed by atoms with E-state index in [4.69, 9.17) is 21.1 Å². The van der Waals surface area contributed by atoms with Crippen molar-refractivity contribution < 1.29 is 23.5 Å². The molecule has 2 atom stereocenters. The van der Waals surface area contributed by atoms with Crippen molar-refractivity contribution in [1.29, 1.82) is 0 Å². The normalized spacial score (nSPS) is 21.2. The Morgan fingerprint density at radius 2 is 1.87 bits per heavy atom. The summed E-state index contributed by atoms with van der Waals surface area (Å²) in [5.74, 6) is -2.00. The molecule has 0 aromatic heterocycles. The molecule has 1 aromatic rings. The Hall–Kier alpha value is -1.66. The Morgan fingerprint density at radius 1 is 1.30 bits per heavy atom. The van der Waals surface area contributed by atoms with E-state index in [-0.39, 0.29) is 34.0 Å². The first-order valence-electron chi connectivity index (χ1n) is 7.27. The number of benzene rings is 1. The molecule has 0 unspecified atom stereocenters. The highest BCUT2D eigenvalue weighted by Gasteiger charge is 2.31. The Kier molecular flexibility index (Phi) is 5.26. The highest BCUT2D eigenvalue weighted by Crippen LogP contribution is 2.36. The van der Waals surface area contributed by atoms with Gasteiger partial charge in [-0.05, 0) is 26.8 Å². The van der Waals surface area contributed by atoms with Crippen LogP contribution in [-0.2, 0) is 9.47 Å². The summed E-state index contributed by atoms with van der Waals surface area (Å²) in [5.41, 5.74) is 0.0851. The SMILES string of the molecule is COC(=O)c1cc(C(C)=O)c(F)c(Cl)c1N1C[C@@H](C)O[C@@H](C)C1. The molecule has 0 aliphatic carbocycles. The number of anilines is 1. The highest BCUT2D eigenvalue weighted by atomic mass is 35.5. The van der Waals surface area contributed by atoms with Crippen molar-refractivity contribution in [2.24, 2.45) is 0 Å². The highest BCUT2D eigenvalue weighted by molar-refractivity contribution is 6.34. The van der Waals surface area contributed by atoms with Gasteiger partial charge in [0.05, 0.1) is 36.1 Å². The molecule has 1 aromatic carbocycles. The van der Waals surface area contributed by atoms with E-state index in [9.17, 15) is 14.0 Å². The zero-order valence-corrected chi connectivity index (χ0v) is 14.2. The number of ketones is 1. The average molecular weight is 344 g/mol. The summed E-state index contributed by atoms with van der Waals surface area (Å²) >= 11 is 6.16. The fourth-order valence-corrected chi connectivity index (χ4v) is 3.13. The zero-order valence-electron chi connectivity index (χ0n) is 13.5. The van der Waals surface area contributed by atoms with Gasteiger partial charge < -0.3 is 14.4 Å². The number of Topliss-reactive ketones (excluding diaryl/α,β-unsaturated/α-hetero) is 1. The van der Waals surface area contributed by atoms with E-state index in [2.05, 4.69) is 0 Å². The Balaban J connectivity index is 2.63. The van der Waals surface area contributed by atoms with Crippen LogP contribution in [0.3, 0.4) is 0 Å². The fourth-order valence-electron chi connectivity index (χ4n) is 2.81. The fraction of sp³-hybridized carbons (Fsp3) is 0.500. The second-order valence-corrected chi connectivity index (χ2v) is 6.04. The van der Waals surface area contributed by atoms with Crippen molar-refractivity contribution >= 4 is 29.0 Å². The van der Waals surface area contributed by atoms with Gasteiger partial charge in [-0.15, -0.1) is 0 Å². The van der Waals surface area contributed by atoms with Gasteiger partial charge >= 0.3 is 5.97 Å². The van der Waals surface area contributed by atoms with E-state index in [0.29, 0.717) is 13.1 Å². The quantitative estimate of drug-likeness (QED) is 0.623. The summed E-state index contributed by atoms with van der Waals surface area (Å²) in [6.07, 6.45) is -0.202. The topological polar surface area (TPSA) is 55.8 Å². The van der Waals surface area contributed by atoms with Gasteiger partial charge in [0, 0.05) is 13.1 Å². The number of morpholine rings is 1. The van der Waals surface area contributed by atoms with Crippen LogP contribution in [0.2, 0.25) is 5.02 Å². The number of halogens is 2. The number of rotatable bonds is 3. The van der Waals surface area contributed by atoms with E-state index >= 15 is 0 Å². The number of ether oxygens (including phenoxy) is 2. The third kappa shape index (κ3) is 3.48. The molecular weight excluding hydrogens is 325 g/mol. The van der Waals surface area contributed by atoms with E-state index in [1.54, 1.807) is 4.90 Å². The maximum absolute atomic E-state index is 14.4. The lowest BCUT2D eigenvalue weighted by atomic mass is 10.0. The van der Waals surface area contributed by atoms with Crippen LogP contribution >= 0.6 is 11.6 Å². The predicted molar refractivity (Wildman–Crippen MR) is 85.0 cm³/mol. The minimum absolute atomic E-state index is 0.0744. The first kappa shape index (κ1) is 17.7. The number of nitrogens with zero attached hydrogens (tertiary/aromatic N) is 1. The van der Waals surface area contributed by atoms with E-state index < -0.39 is 17.6 Å². The first-order chi connectivity index (χ1) is 10.8. The lowest BCUT2D eigenvalue weighted by Gasteiger charge is -2.38. The molecule has 0 amide bonds. The lowest BCUT2D eigenvalue weighted by Crippen LogP contribution is -2.46. The van der Waals surface area contributed by atoms with Gasteiger partial charge in [-0.1, -0.05) is 11.6 Å². The molecule has 7 heteroatoms. The van der Waals surface area contributed by atoms with Crippen molar-refractivity contribution in [2.45, 2.75) is 33.0 Å². The molecule has 2 rings (SSSR count). The number of carbonyl (C=O) groups excluding carboxylic acids is 2. The minimum Gasteiger partial charge on any atom is -0.465 e. The molecule has 1 fully saturated rings. The molecule has 0 radical (unpaired) electrons. The molecule has 23 heavy (non-hydrogen) atoms. The van der Waals surface area contributed by atoms with E-state index in [1.807, 2.05) is 13.8 Å². The van der Waals surface area contributed by atoms with Gasteiger partial charge in [-0.3, -0.25) is 4.79 Å². The largest absolute Gasteiger partial charge is 0.465 e. The smallest absolute Gasteiger partial charge is 0.340 e. The lowest BCUT2D eigenvalue weighted by molar-refractivity contribution is -0.00534. The van der Waals surface area contributed by atoms with Crippen LogP contribution in [0.4, 0.5) is 10.1 Å². The molecule has 1 aliphatic heterocycles. The molecule has 1 heterocycles. The maximum Gasteiger partial charge on any atom is 0.340 e. The number of carbonyl (C=O) groups is 2. The standard InChI is InChI=1S/C16H19ClFNO4/c1-8-6-19(7-9(2)23-8)15-12(16(21)22-4)5-11(10(3)20)14(18)13(15)17/h5,8-9H,6-7H2,1-4H3/t8-,9+. The summed E-state index contributed by atoms with van der Waals surface area (Å²) in [6, 6.07) is 1.20. The van der Waals surface area contributed by atoms with Gasteiger partial charge in [-0.2, -0.15) is 0 Å². The summed E-state index contributed by atoms with van der Waals surface area (Å²) in [7, 11) is 1.22. The molecule has 0 saturated carbocycles. The van der Waals surface area contributed by atoms with Crippen molar-refractivity contribution in [3.8, 4) is 0 Å². The maximum atomic E-state index is 14.4. The third-order valence-corrected chi connectivity index (χ3v) is 4.05. The van der Waals surface area contributed by atoms with E-state index in [0.717, 1.165) is 0 Å². The van der Waals surface area contributed by atoms with Crippen molar-refractivity contribution in [3.05, 3.63) is 28.0 Å². The van der Waals surface area contributed by atoms with Crippen molar-refractivity contribution in [3.63, 3.8) is 0 Å². The van der Waals surface area contributed by atoms with Crippen molar-refractivity contribution in [1.82, 2.24) is 0 Å². The molecule has 126 valence electrons. The molecule has 0 N–H and O–H groups in total. The number of hydrogen-bond donors (Lipinski definition) is 0. The second-order valence-electron chi connectivity index (χ2n) is 5.66. The van der Waals surface area contributed by atoms with Crippen LogP contribution in [-0.4, -0.2) is 44.2 Å². The third-order valence-electron chi connectivity index (χ3n) is 3.70. The summed E-state index contributed by atoms with van der Waals surface area (Å²) in [6.45, 7) is 5.89. The Morgan fingerprint density at radius 3 is 2.35 bits per heavy atom. The van der Waals surface area contributed by atoms with Crippen LogP contribution in [0.25, 0.3) is 0 Å². The molecule has 5 nitrogen and oxygen atoms in total. The number of esters is 1. The van der Waals surface area contributed by atoms with Crippen LogP contribution < -0.4 is 4.90 Å². The van der Waals surface area contributed by atoms with E-state index in [1.165, 1.54) is 20.1 Å². The van der Waals surface area contributed by atoms with Gasteiger partial charge in [-0.25, -0.2) is 9.18 Å².